The van der Waals surface area contributed by atoms with E-state index in [0.29, 0.717) is 30.8 Å². The molecule has 3 amide bonds. The third-order valence-corrected chi connectivity index (χ3v) is 4.95. The number of primary amides is 1. The van der Waals surface area contributed by atoms with Gasteiger partial charge in [-0.15, -0.1) is 0 Å². The van der Waals surface area contributed by atoms with Crippen LogP contribution < -0.4 is 16.4 Å². The van der Waals surface area contributed by atoms with Crippen LogP contribution in [-0.4, -0.2) is 57.5 Å². The lowest BCUT2D eigenvalue weighted by molar-refractivity contribution is -0.124. The van der Waals surface area contributed by atoms with Crippen LogP contribution in [0.25, 0.3) is 0 Å². The van der Waals surface area contributed by atoms with Crippen LogP contribution in [0, 0.1) is 0 Å². The summed E-state index contributed by atoms with van der Waals surface area (Å²) in [4.78, 5) is 44.1. The minimum Gasteiger partial charge on any atom is -0.465 e. The molecule has 1 heterocycles. The Hall–Kier alpha value is -3.40. The van der Waals surface area contributed by atoms with E-state index in [1.807, 2.05) is 19.1 Å². The number of anilines is 2. The normalized spacial score (nSPS) is 11.5. The van der Waals surface area contributed by atoms with E-state index < -0.39 is 18.0 Å². The molecule has 1 atom stereocenters. The molecule has 31 heavy (non-hydrogen) atoms. The first-order valence-corrected chi connectivity index (χ1v) is 9.97. The van der Waals surface area contributed by atoms with Crippen molar-refractivity contribution >= 4 is 41.0 Å². The highest BCUT2D eigenvalue weighted by molar-refractivity contribution is 6.30. The number of halogens is 1. The molecule has 10 nitrogen and oxygen atoms in total. The number of carbonyl (C=O) groups is 3. The molecular formula is C20H25ClN6O4. The first kappa shape index (κ1) is 23.9. The maximum Gasteiger partial charge on any atom is 0.407 e. The van der Waals surface area contributed by atoms with Gasteiger partial charge in [-0.3, -0.25) is 14.5 Å². The zero-order valence-corrected chi connectivity index (χ0v) is 18.2. The van der Waals surface area contributed by atoms with Crippen molar-refractivity contribution in [2.24, 2.45) is 5.73 Å². The van der Waals surface area contributed by atoms with E-state index in [1.54, 1.807) is 12.1 Å². The summed E-state index contributed by atoms with van der Waals surface area (Å²) in [6, 6.07) is 6.48. The van der Waals surface area contributed by atoms with Gasteiger partial charge in [-0.25, -0.2) is 14.8 Å². The molecule has 0 aliphatic rings. The van der Waals surface area contributed by atoms with Crippen molar-refractivity contribution < 1.29 is 19.5 Å². The molecule has 11 heteroatoms. The highest BCUT2D eigenvalue weighted by Gasteiger charge is 2.21. The van der Waals surface area contributed by atoms with Crippen LogP contribution >= 0.6 is 11.6 Å². The summed E-state index contributed by atoms with van der Waals surface area (Å²) in [6.45, 7) is 3.68. The van der Waals surface area contributed by atoms with Crippen LogP contribution in [0.4, 0.5) is 16.3 Å². The molecule has 1 aromatic carbocycles. The molecule has 0 spiro atoms. The second-order valence-electron chi connectivity index (χ2n) is 6.81. The molecule has 0 aliphatic heterocycles. The molecule has 166 valence electrons. The topological polar surface area (TPSA) is 151 Å². The van der Waals surface area contributed by atoms with Crippen molar-refractivity contribution in [2.45, 2.75) is 32.7 Å². The molecule has 0 radical (unpaired) electrons. The summed E-state index contributed by atoms with van der Waals surface area (Å²) in [5, 5.41) is 14.9. The molecule has 1 aromatic heterocycles. The number of nitrogens with two attached hydrogens (primary N) is 1. The van der Waals surface area contributed by atoms with Gasteiger partial charge in [-0.05, 0) is 37.5 Å². The number of amides is 3. The molecule has 0 aliphatic carbocycles. The number of aromatic nitrogens is 2. The lowest BCUT2D eigenvalue weighted by Gasteiger charge is -2.20. The predicted octanol–water partition coefficient (Wildman–Crippen LogP) is 2.19. The summed E-state index contributed by atoms with van der Waals surface area (Å²) in [5.74, 6) is -0.947. The molecule has 0 saturated heterocycles. The van der Waals surface area contributed by atoms with E-state index in [0.717, 1.165) is 10.5 Å². The number of carbonyl (C=O) groups excluding carboxylic acids is 2. The number of hydrogen-bond acceptors (Lipinski definition) is 6. The zero-order chi connectivity index (χ0) is 23.1. The Balaban J connectivity index is 2.06. The van der Waals surface area contributed by atoms with Gasteiger partial charge in [-0.2, -0.15) is 0 Å². The molecular weight excluding hydrogens is 424 g/mol. The minimum atomic E-state index is -1.17. The van der Waals surface area contributed by atoms with E-state index in [-0.39, 0.29) is 22.6 Å². The van der Waals surface area contributed by atoms with E-state index in [2.05, 4.69) is 20.6 Å². The van der Waals surface area contributed by atoms with Gasteiger partial charge in [-0.1, -0.05) is 30.7 Å². The second-order valence-corrected chi connectivity index (χ2v) is 7.17. The lowest BCUT2D eigenvalue weighted by atomic mass is 10.1. The monoisotopic (exact) mass is 448 g/mol. The maximum atomic E-state index is 12.1. The van der Waals surface area contributed by atoms with Gasteiger partial charge < -0.3 is 21.5 Å². The Morgan fingerprint density at radius 3 is 2.61 bits per heavy atom. The van der Waals surface area contributed by atoms with Gasteiger partial charge in [0.2, 0.25) is 5.91 Å². The standard InChI is InChI=1S/C20H25ClN6O4/c1-4-14-16(21)26-18(15(25-14)17(22)28)24-13-7-5-6-12(10-13)8-9-23-19(29)11(2)27(3)20(30)31/h5-7,10-11H,4,8-9H2,1-3H3,(H2,22,28)(H,23,29)(H,24,26)(H,30,31)/t11-/m0/s1. The molecule has 0 fully saturated rings. The lowest BCUT2D eigenvalue weighted by Crippen LogP contribution is -2.45. The first-order chi connectivity index (χ1) is 14.6. The number of nitrogens with zero attached hydrogens (tertiary/aromatic N) is 3. The van der Waals surface area contributed by atoms with Crippen LogP contribution in [0.3, 0.4) is 0 Å². The average Bonchev–Trinajstić information content (AvgIpc) is 2.72. The van der Waals surface area contributed by atoms with Gasteiger partial charge in [0.05, 0.1) is 5.69 Å². The first-order valence-electron chi connectivity index (χ1n) is 9.59. The summed E-state index contributed by atoms with van der Waals surface area (Å²) in [6.07, 6.45) is -0.157. The number of benzene rings is 1. The van der Waals surface area contributed by atoms with Gasteiger partial charge in [0.25, 0.3) is 5.91 Å². The summed E-state index contributed by atoms with van der Waals surface area (Å²) >= 11 is 6.12. The molecule has 5 N–H and O–H groups in total. The smallest absolute Gasteiger partial charge is 0.407 e. The number of nitrogens with one attached hydrogen (secondary N) is 2. The third kappa shape index (κ3) is 6.29. The fourth-order valence-electron chi connectivity index (χ4n) is 2.69. The Bertz CT molecular complexity index is 984. The number of likely N-dealkylation sites (N-methyl/N-ethyl adjacent to an activating group) is 1. The van der Waals surface area contributed by atoms with Crippen molar-refractivity contribution in [1.29, 1.82) is 0 Å². The number of hydrogen-bond donors (Lipinski definition) is 4. The van der Waals surface area contributed by atoms with Gasteiger partial charge in [0.1, 0.15) is 6.04 Å². The van der Waals surface area contributed by atoms with Crippen LogP contribution in [0.1, 0.15) is 35.6 Å². The van der Waals surface area contributed by atoms with Crippen molar-refractivity contribution in [3.63, 3.8) is 0 Å². The quantitative estimate of drug-likeness (QED) is 0.459. The van der Waals surface area contributed by atoms with E-state index >= 15 is 0 Å². The van der Waals surface area contributed by atoms with Crippen molar-refractivity contribution in [3.8, 4) is 0 Å². The van der Waals surface area contributed by atoms with Gasteiger partial charge >= 0.3 is 6.09 Å². The summed E-state index contributed by atoms with van der Waals surface area (Å²) in [7, 11) is 1.34. The summed E-state index contributed by atoms with van der Waals surface area (Å²) in [5.41, 5.74) is 7.44. The Morgan fingerprint density at radius 1 is 1.29 bits per heavy atom. The molecule has 2 aromatic rings. The fourth-order valence-corrected chi connectivity index (χ4v) is 2.95. The van der Waals surface area contributed by atoms with Crippen LogP contribution in [-0.2, 0) is 17.6 Å². The summed E-state index contributed by atoms with van der Waals surface area (Å²) < 4.78 is 0. The van der Waals surface area contributed by atoms with Crippen molar-refractivity contribution in [2.75, 3.05) is 18.9 Å². The molecule has 0 unspecified atom stereocenters. The van der Waals surface area contributed by atoms with E-state index in [4.69, 9.17) is 22.4 Å². The van der Waals surface area contributed by atoms with Crippen LogP contribution in [0.15, 0.2) is 24.3 Å². The molecule has 2 rings (SSSR count). The van der Waals surface area contributed by atoms with E-state index in [9.17, 15) is 14.4 Å². The fraction of sp³-hybridized carbons (Fsp3) is 0.350. The van der Waals surface area contributed by atoms with Crippen LogP contribution in [0.2, 0.25) is 5.15 Å². The van der Waals surface area contributed by atoms with E-state index in [1.165, 1.54) is 14.0 Å². The highest BCUT2D eigenvalue weighted by atomic mass is 35.5. The third-order valence-electron chi connectivity index (χ3n) is 4.65. The van der Waals surface area contributed by atoms with Crippen molar-refractivity contribution in [3.05, 3.63) is 46.4 Å². The van der Waals surface area contributed by atoms with Crippen LogP contribution in [0.5, 0.6) is 0 Å². The number of carboxylic acid groups (broad SMARTS) is 1. The second kappa shape index (κ2) is 10.6. The van der Waals surface area contributed by atoms with Gasteiger partial charge in [0.15, 0.2) is 16.7 Å². The Morgan fingerprint density at radius 2 is 2.00 bits per heavy atom. The average molecular weight is 449 g/mol. The molecule has 0 saturated carbocycles. The predicted molar refractivity (Wildman–Crippen MR) is 117 cm³/mol. The Kier molecular flexibility index (Phi) is 8.14. The largest absolute Gasteiger partial charge is 0.465 e. The van der Waals surface area contributed by atoms with Gasteiger partial charge in [0, 0.05) is 19.3 Å². The SMILES string of the molecule is CCc1nc(C(N)=O)c(Nc2cccc(CCNC(=O)[C@H](C)N(C)C(=O)O)c2)nc1Cl. The van der Waals surface area contributed by atoms with Crippen molar-refractivity contribution in [1.82, 2.24) is 20.2 Å². The zero-order valence-electron chi connectivity index (χ0n) is 17.5. The minimum absolute atomic E-state index is 0.00421. The Labute approximate surface area is 184 Å². The maximum absolute atomic E-state index is 12.1. The number of aryl methyl sites for hydroxylation is 1. The number of rotatable bonds is 9. The highest BCUT2D eigenvalue weighted by Crippen LogP contribution is 2.23. The molecule has 0 bridgehead atoms.